The van der Waals surface area contributed by atoms with Gasteiger partial charge in [0.1, 0.15) is 17.4 Å². The lowest BCUT2D eigenvalue weighted by Crippen LogP contribution is -2.16. The fourth-order valence-electron chi connectivity index (χ4n) is 2.07. The Labute approximate surface area is 132 Å². The molecule has 0 atom stereocenters. The van der Waals surface area contributed by atoms with Crippen LogP contribution in [0.15, 0.2) is 29.1 Å². The fourth-order valence-corrected chi connectivity index (χ4v) is 2.93. The predicted molar refractivity (Wildman–Crippen MR) is 86.8 cm³/mol. The van der Waals surface area contributed by atoms with Gasteiger partial charge in [0.2, 0.25) is 4.96 Å². The van der Waals surface area contributed by atoms with E-state index in [9.17, 15) is 4.79 Å². The zero-order valence-corrected chi connectivity index (χ0v) is 13.6. The van der Waals surface area contributed by atoms with E-state index < -0.39 is 0 Å². The highest BCUT2D eigenvalue weighted by Crippen LogP contribution is 2.18. The standard InChI is InChI=1S/C16H17N3O2S/c1-4-14-18-19-15(20)8-12(17-16(19)22-14)9-21-13-6-5-10(2)11(3)7-13/h5-8H,4,9H2,1-3H3. The van der Waals surface area contributed by atoms with Crippen LogP contribution < -0.4 is 10.3 Å². The molecule has 2 heterocycles. The Hall–Kier alpha value is -2.21. The molecule has 3 aromatic rings. The first kappa shape index (κ1) is 14.7. The zero-order chi connectivity index (χ0) is 15.7. The van der Waals surface area contributed by atoms with Gasteiger partial charge in [0, 0.05) is 6.07 Å². The Morgan fingerprint density at radius 1 is 1.23 bits per heavy atom. The molecule has 3 rings (SSSR count). The number of rotatable bonds is 4. The Kier molecular flexibility index (Phi) is 3.94. The van der Waals surface area contributed by atoms with Gasteiger partial charge in [-0.05, 0) is 43.5 Å². The molecule has 1 aromatic carbocycles. The average Bonchev–Trinajstić information content (AvgIpc) is 2.92. The maximum atomic E-state index is 12.1. The highest BCUT2D eigenvalue weighted by atomic mass is 32.1. The minimum absolute atomic E-state index is 0.167. The highest BCUT2D eigenvalue weighted by Gasteiger charge is 2.08. The molecule has 6 heteroatoms. The van der Waals surface area contributed by atoms with Crippen molar-refractivity contribution >= 4 is 16.3 Å². The molecule has 0 saturated heterocycles. The van der Waals surface area contributed by atoms with Crippen LogP contribution in [0.5, 0.6) is 5.75 Å². The van der Waals surface area contributed by atoms with Crippen molar-refractivity contribution in [3.63, 3.8) is 0 Å². The molecule has 0 spiro atoms. The Bertz CT molecular complexity index is 883. The number of nitrogens with zero attached hydrogens (tertiary/aromatic N) is 3. The van der Waals surface area contributed by atoms with Crippen molar-refractivity contribution in [2.24, 2.45) is 0 Å². The number of hydrogen-bond donors (Lipinski definition) is 0. The summed E-state index contributed by atoms with van der Waals surface area (Å²) in [5.74, 6) is 0.781. The number of fused-ring (bicyclic) bond motifs is 1. The summed E-state index contributed by atoms with van der Waals surface area (Å²) in [7, 11) is 0. The summed E-state index contributed by atoms with van der Waals surface area (Å²) < 4.78 is 7.09. The van der Waals surface area contributed by atoms with Crippen LogP contribution in [-0.4, -0.2) is 14.6 Å². The second-order valence-corrected chi connectivity index (χ2v) is 6.20. The zero-order valence-electron chi connectivity index (χ0n) is 12.8. The van der Waals surface area contributed by atoms with E-state index in [-0.39, 0.29) is 12.2 Å². The summed E-state index contributed by atoms with van der Waals surface area (Å²) in [6.45, 7) is 6.38. The lowest BCUT2D eigenvalue weighted by atomic mass is 10.1. The first-order chi connectivity index (χ1) is 10.6. The van der Waals surface area contributed by atoms with Gasteiger partial charge < -0.3 is 4.74 Å². The van der Waals surface area contributed by atoms with Gasteiger partial charge in [0.15, 0.2) is 0 Å². The van der Waals surface area contributed by atoms with Crippen molar-refractivity contribution in [1.82, 2.24) is 14.6 Å². The molecule has 5 nitrogen and oxygen atoms in total. The highest BCUT2D eigenvalue weighted by molar-refractivity contribution is 7.16. The number of aryl methyl sites for hydroxylation is 3. The number of aromatic nitrogens is 3. The first-order valence-electron chi connectivity index (χ1n) is 7.15. The van der Waals surface area contributed by atoms with E-state index in [0.717, 1.165) is 17.2 Å². The molecule has 2 aromatic heterocycles. The molecule has 0 amide bonds. The van der Waals surface area contributed by atoms with E-state index in [1.807, 2.05) is 32.0 Å². The third-order valence-corrected chi connectivity index (χ3v) is 4.56. The van der Waals surface area contributed by atoms with Crippen LogP contribution in [0.4, 0.5) is 0 Å². The largest absolute Gasteiger partial charge is 0.487 e. The summed E-state index contributed by atoms with van der Waals surface area (Å²) in [4.78, 5) is 17.1. The van der Waals surface area contributed by atoms with E-state index >= 15 is 0 Å². The predicted octanol–water partition coefficient (Wildman–Crippen LogP) is 2.91. The quantitative estimate of drug-likeness (QED) is 0.743. The number of hydrogen-bond acceptors (Lipinski definition) is 5. The van der Waals surface area contributed by atoms with Crippen molar-refractivity contribution < 1.29 is 4.74 Å². The molecule has 0 bridgehead atoms. The second-order valence-electron chi connectivity index (χ2n) is 5.16. The molecule has 0 aliphatic carbocycles. The van der Waals surface area contributed by atoms with Crippen molar-refractivity contribution in [2.75, 3.05) is 0 Å². The summed E-state index contributed by atoms with van der Waals surface area (Å²) >= 11 is 1.44. The molecule has 0 unspecified atom stereocenters. The molecular weight excluding hydrogens is 298 g/mol. The van der Waals surface area contributed by atoms with Crippen LogP contribution in [0.2, 0.25) is 0 Å². The second kappa shape index (κ2) is 5.88. The van der Waals surface area contributed by atoms with Crippen LogP contribution in [-0.2, 0) is 13.0 Å². The van der Waals surface area contributed by atoms with Gasteiger partial charge in [-0.1, -0.05) is 24.3 Å². The summed E-state index contributed by atoms with van der Waals surface area (Å²) in [6.07, 6.45) is 0.794. The van der Waals surface area contributed by atoms with E-state index in [1.54, 1.807) is 0 Å². The lowest BCUT2D eigenvalue weighted by molar-refractivity contribution is 0.301. The summed E-state index contributed by atoms with van der Waals surface area (Å²) in [5, 5.41) is 5.13. The average molecular weight is 315 g/mol. The Balaban J connectivity index is 1.84. The minimum Gasteiger partial charge on any atom is -0.487 e. The van der Waals surface area contributed by atoms with E-state index in [2.05, 4.69) is 17.0 Å². The van der Waals surface area contributed by atoms with Gasteiger partial charge in [-0.15, -0.1) is 0 Å². The Morgan fingerprint density at radius 2 is 2.05 bits per heavy atom. The van der Waals surface area contributed by atoms with Crippen molar-refractivity contribution in [1.29, 1.82) is 0 Å². The summed E-state index contributed by atoms with van der Waals surface area (Å²) in [5.41, 5.74) is 2.85. The van der Waals surface area contributed by atoms with Crippen LogP contribution in [0.3, 0.4) is 0 Å². The molecule has 0 radical (unpaired) electrons. The molecule has 0 N–H and O–H groups in total. The van der Waals surface area contributed by atoms with Crippen LogP contribution in [0, 0.1) is 13.8 Å². The normalized spacial score (nSPS) is 11.0. The SMILES string of the molecule is CCc1nn2c(=O)cc(COc3ccc(C)c(C)c3)nc2s1. The van der Waals surface area contributed by atoms with E-state index in [1.165, 1.54) is 33.0 Å². The van der Waals surface area contributed by atoms with Crippen LogP contribution in [0.25, 0.3) is 4.96 Å². The first-order valence-corrected chi connectivity index (χ1v) is 7.97. The molecule has 0 aliphatic rings. The van der Waals surface area contributed by atoms with E-state index in [0.29, 0.717) is 10.7 Å². The molecule has 0 fully saturated rings. The maximum Gasteiger partial charge on any atom is 0.275 e. The molecule has 22 heavy (non-hydrogen) atoms. The van der Waals surface area contributed by atoms with Gasteiger partial charge in [-0.2, -0.15) is 9.61 Å². The number of benzene rings is 1. The topological polar surface area (TPSA) is 56.5 Å². The van der Waals surface area contributed by atoms with Crippen molar-refractivity contribution in [2.45, 2.75) is 33.8 Å². The smallest absolute Gasteiger partial charge is 0.275 e. The Morgan fingerprint density at radius 3 is 2.77 bits per heavy atom. The van der Waals surface area contributed by atoms with Gasteiger partial charge in [-0.25, -0.2) is 4.98 Å². The van der Waals surface area contributed by atoms with Gasteiger partial charge in [-0.3, -0.25) is 4.79 Å². The third-order valence-electron chi connectivity index (χ3n) is 3.51. The van der Waals surface area contributed by atoms with E-state index in [4.69, 9.17) is 4.74 Å². The van der Waals surface area contributed by atoms with Crippen molar-refractivity contribution in [3.8, 4) is 5.75 Å². The number of ether oxygens (including phenoxy) is 1. The maximum absolute atomic E-state index is 12.1. The molecule has 114 valence electrons. The van der Waals surface area contributed by atoms with Crippen LogP contribution >= 0.6 is 11.3 Å². The van der Waals surface area contributed by atoms with Crippen LogP contribution in [0.1, 0.15) is 28.8 Å². The minimum atomic E-state index is -0.167. The van der Waals surface area contributed by atoms with Gasteiger partial charge in [0.25, 0.3) is 5.56 Å². The molecular formula is C16H17N3O2S. The van der Waals surface area contributed by atoms with Crippen molar-refractivity contribution in [3.05, 3.63) is 56.4 Å². The van der Waals surface area contributed by atoms with Gasteiger partial charge in [0.05, 0.1) is 5.69 Å². The monoisotopic (exact) mass is 315 g/mol. The fraction of sp³-hybridized carbons (Fsp3) is 0.312. The molecule has 0 saturated carbocycles. The molecule has 0 aliphatic heterocycles. The lowest BCUT2D eigenvalue weighted by Gasteiger charge is -2.07. The third kappa shape index (κ3) is 2.87. The summed E-state index contributed by atoms with van der Waals surface area (Å²) in [6, 6.07) is 7.41. The van der Waals surface area contributed by atoms with Gasteiger partial charge >= 0.3 is 0 Å².